The number of aromatic nitrogens is 2. The number of anilines is 1. The van der Waals surface area contributed by atoms with Crippen molar-refractivity contribution in [3.63, 3.8) is 0 Å². The summed E-state index contributed by atoms with van der Waals surface area (Å²) in [5.41, 5.74) is 11.9. The smallest absolute Gasteiger partial charge is 0.238 e. The fourth-order valence-corrected chi connectivity index (χ4v) is 4.01. The Morgan fingerprint density at radius 1 is 1.29 bits per heavy atom. The Morgan fingerprint density at radius 3 is 2.71 bits per heavy atom. The van der Waals surface area contributed by atoms with E-state index in [0.717, 1.165) is 45.1 Å². The van der Waals surface area contributed by atoms with Gasteiger partial charge in [-0.1, -0.05) is 18.6 Å². The van der Waals surface area contributed by atoms with Gasteiger partial charge in [0, 0.05) is 17.5 Å². The van der Waals surface area contributed by atoms with Crippen LogP contribution in [0, 0.1) is 20.8 Å². The van der Waals surface area contributed by atoms with Gasteiger partial charge in [-0.05, 0) is 45.2 Å². The zero-order valence-corrected chi connectivity index (χ0v) is 15.7. The minimum atomic E-state index is 0.590. The predicted octanol–water partition coefficient (Wildman–Crippen LogP) is 5.36. The zero-order valence-electron chi connectivity index (χ0n) is 14.9. The molecule has 126 valence electrons. The molecule has 0 radical (unpaired) electrons. The number of fused-ring (bicyclic) bond motifs is 1. The molecule has 3 rings (SSSR count). The number of nitrogens with two attached hydrogens (primary N) is 1. The lowest BCUT2D eigenvalue weighted by atomic mass is 10.1. The number of pyridine rings is 1. The van der Waals surface area contributed by atoms with E-state index in [1.165, 1.54) is 16.7 Å². The molecule has 5 heteroatoms. The standard InChI is InChI=1S/C19H23N3OS/c1-6-13(7-2)8-14-9-21-18(23-14)17-16(20)15-11(4)10(3)12(5)22-19(15)24-17/h6,9H,7-8,20H2,1-5H3/b13-6+. The normalized spacial score (nSPS) is 12.3. The highest BCUT2D eigenvalue weighted by Crippen LogP contribution is 2.42. The topological polar surface area (TPSA) is 64.9 Å². The van der Waals surface area contributed by atoms with Crippen LogP contribution in [-0.4, -0.2) is 9.97 Å². The van der Waals surface area contributed by atoms with Crippen LogP contribution in [0.2, 0.25) is 0 Å². The first-order chi connectivity index (χ1) is 11.5. The molecule has 4 nitrogen and oxygen atoms in total. The van der Waals surface area contributed by atoms with Gasteiger partial charge in [-0.2, -0.15) is 0 Å². The Bertz CT molecular complexity index is 934. The molecule has 2 N–H and O–H groups in total. The van der Waals surface area contributed by atoms with Crippen LogP contribution in [0.5, 0.6) is 0 Å². The number of aryl methyl sites for hydroxylation is 2. The lowest BCUT2D eigenvalue weighted by molar-refractivity contribution is 0.527. The molecular formula is C19H23N3OS. The van der Waals surface area contributed by atoms with Crippen LogP contribution in [-0.2, 0) is 6.42 Å². The molecule has 0 spiro atoms. The Morgan fingerprint density at radius 2 is 2.04 bits per heavy atom. The van der Waals surface area contributed by atoms with E-state index in [-0.39, 0.29) is 0 Å². The predicted molar refractivity (Wildman–Crippen MR) is 101 cm³/mol. The maximum atomic E-state index is 6.41. The zero-order chi connectivity index (χ0) is 17.4. The molecule has 0 amide bonds. The van der Waals surface area contributed by atoms with Crippen molar-refractivity contribution in [2.75, 3.05) is 5.73 Å². The van der Waals surface area contributed by atoms with E-state index < -0.39 is 0 Å². The first kappa shape index (κ1) is 16.7. The minimum Gasteiger partial charge on any atom is -0.440 e. The van der Waals surface area contributed by atoms with Crippen molar-refractivity contribution in [1.29, 1.82) is 0 Å². The van der Waals surface area contributed by atoms with Gasteiger partial charge >= 0.3 is 0 Å². The van der Waals surface area contributed by atoms with Gasteiger partial charge in [0.25, 0.3) is 0 Å². The molecule has 24 heavy (non-hydrogen) atoms. The first-order valence-electron chi connectivity index (χ1n) is 8.21. The second-order valence-corrected chi connectivity index (χ2v) is 7.08. The average molecular weight is 341 g/mol. The van der Waals surface area contributed by atoms with E-state index in [2.05, 4.69) is 43.7 Å². The van der Waals surface area contributed by atoms with Gasteiger partial charge < -0.3 is 10.2 Å². The average Bonchev–Trinajstić information content (AvgIpc) is 3.15. The molecule has 0 saturated heterocycles. The monoisotopic (exact) mass is 341 g/mol. The third-order valence-corrected chi connectivity index (χ3v) is 5.77. The van der Waals surface area contributed by atoms with Crippen LogP contribution in [0.3, 0.4) is 0 Å². The maximum absolute atomic E-state index is 6.41. The fourth-order valence-electron chi connectivity index (χ4n) is 2.88. The Hall–Kier alpha value is -2.14. The Kier molecular flexibility index (Phi) is 4.45. The Balaban J connectivity index is 2.06. The second-order valence-electron chi connectivity index (χ2n) is 6.08. The summed E-state index contributed by atoms with van der Waals surface area (Å²) < 4.78 is 5.97. The molecule has 3 heterocycles. The highest BCUT2D eigenvalue weighted by molar-refractivity contribution is 7.22. The van der Waals surface area contributed by atoms with Crippen LogP contribution in [0.1, 0.15) is 42.8 Å². The molecule has 3 aromatic rings. The molecule has 0 atom stereocenters. The molecule has 0 aliphatic carbocycles. The quantitative estimate of drug-likeness (QED) is 0.649. The van der Waals surface area contributed by atoms with E-state index in [9.17, 15) is 0 Å². The van der Waals surface area contributed by atoms with Crippen molar-refractivity contribution in [3.05, 3.63) is 40.4 Å². The van der Waals surface area contributed by atoms with Crippen LogP contribution in [0.15, 0.2) is 22.3 Å². The molecule has 0 fully saturated rings. The summed E-state index contributed by atoms with van der Waals surface area (Å²) in [6.07, 6.45) is 5.74. The summed E-state index contributed by atoms with van der Waals surface area (Å²) >= 11 is 1.55. The molecule has 0 aliphatic heterocycles. The van der Waals surface area contributed by atoms with E-state index in [1.807, 2.05) is 6.92 Å². The van der Waals surface area contributed by atoms with Crippen LogP contribution >= 0.6 is 11.3 Å². The number of rotatable bonds is 4. The van der Waals surface area contributed by atoms with Crippen molar-refractivity contribution in [3.8, 4) is 10.8 Å². The second kappa shape index (κ2) is 6.40. The SMILES string of the molecule is C/C=C(\CC)Cc1cnc(-c2sc3nc(C)c(C)c(C)c3c2N)o1. The number of hydrogen-bond acceptors (Lipinski definition) is 5. The number of nitrogen functional groups attached to an aromatic ring is 1. The maximum Gasteiger partial charge on any atom is 0.238 e. The van der Waals surface area contributed by atoms with Crippen molar-refractivity contribution in [2.45, 2.75) is 47.5 Å². The summed E-state index contributed by atoms with van der Waals surface area (Å²) in [4.78, 5) is 11.0. The highest BCUT2D eigenvalue weighted by Gasteiger charge is 2.20. The highest BCUT2D eigenvalue weighted by atomic mass is 32.1. The van der Waals surface area contributed by atoms with E-state index in [1.54, 1.807) is 17.5 Å². The van der Waals surface area contributed by atoms with Crippen molar-refractivity contribution in [1.82, 2.24) is 9.97 Å². The van der Waals surface area contributed by atoms with Gasteiger partial charge in [0.15, 0.2) is 0 Å². The van der Waals surface area contributed by atoms with Gasteiger partial charge in [0.1, 0.15) is 15.5 Å². The fraction of sp³-hybridized carbons (Fsp3) is 0.368. The summed E-state index contributed by atoms with van der Waals surface area (Å²) in [6, 6.07) is 0. The van der Waals surface area contributed by atoms with E-state index in [0.29, 0.717) is 5.89 Å². The lowest BCUT2D eigenvalue weighted by Crippen LogP contribution is -1.93. The molecular weight excluding hydrogens is 318 g/mol. The van der Waals surface area contributed by atoms with Gasteiger partial charge in [-0.3, -0.25) is 0 Å². The van der Waals surface area contributed by atoms with Crippen LogP contribution in [0.25, 0.3) is 21.0 Å². The van der Waals surface area contributed by atoms with Gasteiger partial charge in [0.2, 0.25) is 5.89 Å². The van der Waals surface area contributed by atoms with Gasteiger partial charge in [0.05, 0.1) is 11.9 Å². The number of hydrogen-bond donors (Lipinski definition) is 1. The van der Waals surface area contributed by atoms with Crippen molar-refractivity contribution >= 4 is 27.2 Å². The van der Waals surface area contributed by atoms with Gasteiger partial charge in [-0.15, -0.1) is 11.3 Å². The summed E-state index contributed by atoms with van der Waals surface area (Å²) in [5.74, 6) is 1.46. The number of allylic oxidation sites excluding steroid dienone is 2. The summed E-state index contributed by atoms with van der Waals surface area (Å²) in [7, 11) is 0. The van der Waals surface area contributed by atoms with Crippen molar-refractivity contribution < 1.29 is 4.42 Å². The molecule has 0 aliphatic rings. The van der Waals surface area contributed by atoms with Crippen molar-refractivity contribution in [2.24, 2.45) is 0 Å². The third-order valence-electron chi connectivity index (χ3n) is 4.69. The molecule has 0 aromatic carbocycles. The summed E-state index contributed by atoms with van der Waals surface area (Å²) in [5, 5.41) is 1.03. The third kappa shape index (κ3) is 2.73. The van der Waals surface area contributed by atoms with Gasteiger partial charge in [-0.25, -0.2) is 9.97 Å². The molecule has 3 aromatic heterocycles. The molecule has 0 unspecified atom stereocenters. The number of oxazole rings is 1. The lowest BCUT2D eigenvalue weighted by Gasteiger charge is -2.05. The van der Waals surface area contributed by atoms with E-state index in [4.69, 9.17) is 10.2 Å². The molecule has 0 bridgehead atoms. The molecule has 0 saturated carbocycles. The minimum absolute atomic E-state index is 0.590. The first-order valence-corrected chi connectivity index (χ1v) is 9.02. The van der Waals surface area contributed by atoms with E-state index >= 15 is 0 Å². The summed E-state index contributed by atoms with van der Waals surface area (Å²) in [6.45, 7) is 10.4. The van der Waals surface area contributed by atoms with Crippen LogP contribution < -0.4 is 5.73 Å². The number of nitrogens with zero attached hydrogens (tertiary/aromatic N) is 2. The number of thiophene rings is 1. The Labute approximate surface area is 146 Å². The largest absolute Gasteiger partial charge is 0.440 e. The van der Waals surface area contributed by atoms with Crippen LogP contribution in [0.4, 0.5) is 5.69 Å².